The quantitative estimate of drug-likeness (QED) is 0.727. The Kier molecular flexibility index (Phi) is 5.77. The zero-order valence-corrected chi connectivity index (χ0v) is 17.3. The molecule has 30 heavy (non-hydrogen) atoms. The molecule has 1 fully saturated rings. The summed E-state index contributed by atoms with van der Waals surface area (Å²) < 4.78 is 5.64. The SMILES string of the molecule is CCCN1CCC(CC(=O)O)(NC(=O)OCC2c3ccccc3-c3ccccc32)C1. The van der Waals surface area contributed by atoms with Crippen LogP contribution in [-0.4, -0.2) is 53.8 Å². The fraction of sp³-hybridized carbons (Fsp3) is 0.417. The summed E-state index contributed by atoms with van der Waals surface area (Å²) in [5.74, 6) is -0.925. The molecular formula is C24H28N2O4. The number of rotatable bonds is 7. The molecule has 1 aliphatic heterocycles. The molecule has 0 bridgehead atoms. The van der Waals surface area contributed by atoms with Crippen LogP contribution in [0.5, 0.6) is 0 Å². The Labute approximate surface area is 176 Å². The molecule has 1 unspecified atom stereocenters. The van der Waals surface area contributed by atoms with Crippen LogP contribution in [0.4, 0.5) is 4.79 Å². The summed E-state index contributed by atoms with van der Waals surface area (Å²) in [5, 5.41) is 12.3. The lowest BCUT2D eigenvalue weighted by Crippen LogP contribution is -2.52. The summed E-state index contributed by atoms with van der Waals surface area (Å²) in [6.07, 6.45) is 0.964. The fourth-order valence-corrected chi connectivity index (χ4v) is 4.90. The standard InChI is InChI=1S/C24H28N2O4/c1-2-12-26-13-11-24(16-26,14-22(27)28)25-23(29)30-15-21-19-9-5-3-7-17(19)18-8-4-6-10-20(18)21/h3-10,21H,2,11-16H2,1H3,(H,25,29)(H,27,28). The Morgan fingerprint density at radius 1 is 1.13 bits per heavy atom. The van der Waals surface area contributed by atoms with Gasteiger partial charge >= 0.3 is 12.1 Å². The highest BCUT2D eigenvalue weighted by Crippen LogP contribution is 2.44. The Morgan fingerprint density at radius 2 is 1.77 bits per heavy atom. The van der Waals surface area contributed by atoms with E-state index in [1.807, 2.05) is 24.3 Å². The number of carboxylic acids is 1. The first-order valence-electron chi connectivity index (χ1n) is 10.6. The number of benzene rings is 2. The molecule has 1 atom stereocenters. The van der Waals surface area contributed by atoms with Crippen LogP contribution in [0.1, 0.15) is 43.2 Å². The molecule has 6 nitrogen and oxygen atoms in total. The van der Waals surface area contributed by atoms with E-state index < -0.39 is 17.6 Å². The topological polar surface area (TPSA) is 78.9 Å². The van der Waals surface area contributed by atoms with Crippen LogP contribution in [0.2, 0.25) is 0 Å². The molecule has 2 aliphatic rings. The average Bonchev–Trinajstić information content (AvgIpc) is 3.25. The minimum Gasteiger partial charge on any atom is -0.481 e. The summed E-state index contributed by atoms with van der Waals surface area (Å²) in [5.41, 5.74) is 3.89. The molecule has 0 radical (unpaired) electrons. The number of carbonyl (C=O) groups is 2. The molecule has 2 aromatic rings. The van der Waals surface area contributed by atoms with Gasteiger partial charge in [0.1, 0.15) is 6.61 Å². The summed E-state index contributed by atoms with van der Waals surface area (Å²) in [7, 11) is 0. The zero-order valence-electron chi connectivity index (χ0n) is 17.3. The number of likely N-dealkylation sites (tertiary alicyclic amines) is 1. The van der Waals surface area contributed by atoms with Crippen LogP contribution < -0.4 is 5.32 Å². The van der Waals surface area contributed by atoms with Gasteiger partial charge in [-0.3, -0.25) is 4.79 Å². The van der Waals surface area contributed by atoms with Crippen LogP contribution in [0.25, 0.3) is 11.1 Å². The van der Waals surface area contributed by atoms with Gasteiger partial charge in [0, 0.05) is 19.0 Å². The van der Waals surface area contributed by atoms with Crippen molar-refractivity contribution >= 4 is 12.1 Å². The maximum Gasteiger partial charge on any atom is 0.407 e. The minimum absolute atomic E-state index is 0.0151. The second kappa shape index (κ2) is 8.48. The molecule has 1 saturated heterocycles. The number of hydrogen-bond acceptors (Lipinski definition) is 4. The van der Waals surface area contributed by atoms with Gasteiger partial charge in [-0.05, 0) is 41.6 Å². The molecule has 2 aromatic carbocycles. The maximum absolute atomic E-state index is 12.7. The molecule has 158 valence electrons. The van der Waals surface area contributed by atoms with E-state index in [9.17, 15) is 14.7 Å². The number of fused-ring (bicyclic) bond motifs is 3. The van der Waals surface area contributed by atoms with Gasteiger partial charge in [-0.25, -0.2) is 4.79 Å². The summed E-state index contributed by atoms with van der Waals surface area (Å²) in [6, 6.07) is 16.4. The molecule has 6 heteroatoms. The zero-order chi connectivity index (χ0) is 21.1. The van der Waals surface area contributed by atoms with Gasteiger partial charge in [-0.15, -0.1) is 0 Å². The van der Waals surface area contributed by atoms with Crippen molar-refractivity contribution in [1.29, 1.82) is 0 Å². The summed E-state index contributed by atoms with van der Waals surface area (Å²) in [6.45, 7) is 4.54. The molecule has 4 rings (SSSR count). The minimum atomic E-state index is -0.910. The van der Waals surface area contributed by atoms with Crippen molar-refractivity contribution in [3.05, 3.63) is 59.7 Å². The lowest BCUT2D eigenvalue weighted by atomic mass is 9.94. The van der Waals surface area contributed by atoms with Gasteiger partial charge in [-0.1, -0.05) is 55.5 Å². The van der Waals surface area contributed by atoms with Crippen molar-refractivity contribution in [1.82, 2.24) is 10.2 Å². The van der Waals surface area contributed by atoms with Crippen molar-refractivity contribution in [2.45, 2.75) is 37.6 Å². The lowest BCUT2D eigenvalue weighted by molar-refractivity contribution is -0.138. The lowest BCUT2D eigenvalue weighted by Gasteiger charge is -2.29. The first-order chi connectivity index (χ1) is 14.5. The second-order valence-corrected chi connectivity index (χ2v) is 8.33. The number of nitrogens with zero attached hydrogens (tertiary/aromatic N) is 1. The number of nitrogens with one attached hydrogen (secondary N) is 1. The van der Waals surface area contributed by atoms with Crippen molar-refractivity contribution in [2.24, 2.45) is 0 Å². The van der Waals surface area contributed by atoms with Crippen molar-refractivity contribution in [3.8, 4) is 11.1 Å². The summed E-state index contributed by atoms with van der Waals surface area (Å²) >= 11 is 0. The fourth-order valence-electron chi connectivity index (χ4n) is 4.90. The second-order valence-electron chi connectivity index (χ2n) is 8.33. The highest BCUT2D eigenvalue weighted by Gasteiger charge is 2.41. The van der Waals surface area contributed by atoms with Crippen LogP contribution in [0.3, 0.4) is 0 Å². The molecule has 0 saturated carbocycles. The van der Waals surface area contributed by atoms with Crippen molar-refractivity contribution in [2.75, 3.05) is 26.2 Å². The van der Waals surface area contributed by atoms with E-state index in [0.29, 0.717) is 13.0 Å². The highest BCUT2D eigenvalue weighted by molar-refractivity contribution is 5.79. The third-order valence-corrected chi connectivity index (χ3v) is 6.17. The number of carbonyl (C=O) groups excluding carboxylic acids is 1. The van der Waals surface area contributed by atoms with E-state index >= 15 is 0 Å². The van der Waals surface area contributed by atoms with E-state index in [4.69, 9.17) is 4.74 Å². The van der Waals surface area contributed by atoms with Crippen LogP contribution in [0.15, 0.2) is 48.5 Å². The van der Waals surface area contributed by atoms with Gasteiger partial charge in [0.15, 0.2) is 0 Å². The Hall–Kier alpha value is -2.86. The highest BCUT2D eigenvalue weighted by atomic mass is 16.5. The normalized spacial score (nSPS) is 20.6. The maximum atomic E-state index is 12.7. The van der Waals surface area contributed by atoms with E-state index in [1.165, 1.54) is 11.1 Å². The third kappa shape index (κ3) is 4.05. The average molecular weight is 408 g/mol. The van der Waals surface area contributed by atoms with E-state index in [2.05, 4.69) is 41.4 Å². The monoisotopic (exact) mass is 408 g/mol. The molecule has 1 heterocycles. The molecular weight excluding hydrogens is 380 g/mol. The van der Waals surface area contributed by atoms with Crippen LogP contribution in [0, 0.1) is 0 Å². The number of aliphatic carboxylic acids is 1. The number of alkyl carbamates (subject to hydrolysis) is 1. The molecule has 0 aromatic heterocycles. The van der Waals surface area contributed by atoms with Crippen molar-refractivity contribution < 1.29 is 19.4 Å². The first kappa shape index (κ1) is 20.4. The number of amides is 1. The number of carboxylic acid groups (broad SMARTS) is 1. The van der Waals surface area contributed by atoms with E-state index in [-0.39, 0.29) is 18.9 Å². The van der Waals surface area contributed by atoms with Gasteiger partial charge in [0.25, 0.3) is 0 Å². The Morgan fingerprint density at radius 3 is 2.37 bits per heavy atom. The molecule has 1 amide bonds. The molecule has 0 spiro atoms. The van der Waals surface area contributed by atoms with Gasteiger partial charge in [-0.2, -0.15) is 0 Å². The van der Waals surface area contributed by atoms with Gasteiger partial charge < -0.3 is 20.1 Å². The van der Waals surface area contributed by atoms with E-state index in [0.717, 1.165) is 30.6 Å². The van der Waals surface area contributed by atoms with Gasteiger partial charge in [0.05, 0.1) is 12.0 Å². The third-order valence-electron chi connectivity index (χ3n) is 6.17. The molecule has 2 N–H and O–H groups in total. The Bertz CT molecular complexity index is 899. The van der Waals surface area contributed by atoms with E-state index in [1.54, 1.807) is 0 Å². The van der Waals surface area contributed by atoms with Crippen LogP contribution in [-0.2, 0) is 9.53 Å². The van der Waals surface area contributed by atoms with Crippen LogP contribution >= 0.6 is 0 Å². The first-order valence-corrected chi connectivity index (χ1v) is 10.6. The number of hydrogen-bond donors (Lipinski definition) is 2. The van der Waals surface area contributed by atoms with Crippen molar-refractivity contribution in [3.63, 3.8) is 0 Å². The Balaban J connectivity index is 1.45. The largest absolute Gasteiger partial charge is 0.481 e. The predicted octanol–water partition coefficient (Wildman–Crippen LogP) is 3.85. The molecule has 1 aliphatic carbocycles. The smallest absolute Gasteiger partial charge is 0.407 e. The predicted molar refractivity (Wildman–Crippen MR) is 115 cm³/mol. The van der Waals surface area contributed by atoms with Gasteiger partial charge in [0.2, 0.25) is 0 Å². The summed E-state index contributed by atoms with van der Waals surface area (Å²) in [4.78, 5) is 26.3. The number of ether oxygens (including phenoxy) is 1.